The number of aromatic nitrogens is 4. The SMILES string of the molecule is Cc1nnc2c3cc(-c4ccccc4)c(-c4ccc(C5(NC(=O)O)CC5)cc4)nc3ccn12. The number of benzene rings is 2. The molecule has 6 rings (SSSR count). The third-order valence-electron chi connectivity index (χ3n) is 6.43. The number of carboxylic acid groups (broad SMARTS) is 1. The van der Waals surface area contributed by atoms with Gasteiger partial charge in [0.1, 0.15) is 5.82 Å². The Morgan fingerprint density at radius 2 is 1.76 bits per heavy atom. The van der Waals surface area contributed by atoms with Gasteiger partial charge in [-0.15, -0.1) is 10.2 Å². The van der Waals surface area contributed by atoms with E-state index in [1.807, 2.05) is 66.1 Å². The maximum absolute atomic E-state index is 11.2. The topological polar surface area (TPSA) is 92.4 Å². The van der Waals surface area contributed by atoms with Crippen molar-refractivity contribution in [2.75, 3.05) is 0 Å². The number of aryl methyl sites for hydroxylation is 1. The highest BCUT2D eigenvalue weighted by atomic mass is 16.4. The summed E-state index contributed by atoms with van der Waals surface area (Å²) in [7, 11) is 0. The van der Waals surface area contributed by atoms with Crippen molar-refractivity contribution in [2.24, 2.45) is 0 Å². The van der Waals surface area contributed by atoms with Crippen molar-refractivity contribution in [3.63, 3.8) is 0 Å². The molecule has 0 spiro atoms. The van der Waals surface area contributed by atoms with Crippen LogP contribution in [0, 0.1) is 6.92 Å². The number of nitrogens with zero attached hydrogens (tertiary/aromatic N) is 4. The second kappa shape index (κ2) is 7.13. The van der Waals surface area contributed by atoms with E-state index >= 15 is 0 Å². The minimum atomic E-state index is -0.992. The Balaban J connectivity index is 1.53. The molecular weight excluding hydrogens is 414 g/mol. The summed E-state index contributed by atoms with van der Waals surface area (Å²) < 4.78 is 1.97. The Hall–Kier alpha value is -4.26. The van der Waals surface area contributed by atoms with Gasteiger partial charge in [0.15, 0.2) is 5.65 Å². The number of fused-ring (bicyclic) bond motifs is 3. The molecule has 5 aromatic rings. The molecule has 0 radical (unpaired) electrons. The minimum Gasteiger partial charge on any atom is -0.465 e. The summed E-state index contributed by atoms with van der Waals surface area (Å²) in [6, 6.07) is 22.4. The summed E-state index contributed by atoms with van der Waals surface area (Å²) in [6.07, 6.45) is 2.59. The average Bonchev–Trinajstić information content (AvgIpc) is 3.51. The fourth-order valence-corrected chi connectivity index (χ4v) is 4.53. The fraction of sp³-hybridized carbons (Fsp3) is 0.154. The lowest BCUT2D eigenvalue weighted by atomic mass is 9.95. The first-order valence-electron chi connectivity index (χ1n) is 10.9. The van der Waals surface area contributed by atoms with E-state index in [0.29, 0.717) is 0 Å². The van der Waals surface area contributed by atoms with Gasteiger partial charge in [0, 0.05) is 22.7 Å². The zero-order valence-electron chi connectivity index (χ0n) is 18.0. The van der Waals surface area contributed by atoms with Crippen LogP contribution in [0.5, 0.6) is 0 Å². The first-order chi connectivity index (χ1) is 16.0. The maximum atomic E-state index is 11.2. The number of hydrogen-bond acceptors (Lipinski definition) is 4. The van der Waals surface area contributed by atoms with Gasteiger partial charge in [0.25, 0.3) is 0 Å². The smallest absolute Gasteiger partial charge is 0.405 e. The highest BCUT2D eigenvalue weighted by Crippen LogP contribution is 2.46. The molecule has 7 heteroatoms. The molecule has 1 aliphatic carbocycles. The summed E-state index contributed by atoms with van der Waals surface area (Å²) in [4.78, 5) is 16.3. The lowest BCUT2D eigenvalue weighted by molar-refractivity contribution is 0.188. The van der Waals surface area contributed by atoms with Crippen molar-refractivity contribution in [1.82, 2.24) is 24.9 Å². The predicted octanol–water partition coefficient (Wildman–Crippen LogP) is 5.18. The Morgan fingerprint density at radius 3 is 2.45 bits per heavy atom. The Labute approximate surface area is 189 Å². The number of rotatable bonds is 4. The van der Waals surface area contributed by atoms with Crippen molar-refractivity contribution in [3.8, 4) is 22.4 Å². The summed E-state index contributed by atoms with van der Waals surface area (Å²) in [5.74, 6) is 0.830. The molecule has 1 saturated carbocycles. The van der Waals surface area contributed by atoms with E-state index in [0.717, 1.165) is 63.2 Å². The fourth-order valence-electron chi connectivity index (χ4n) is 4.53. The van der Waals surface area contributed by atoms with Crippen molar-refractivity contribution < 1.29 is 9.90 Å². The molecule has 0 unspecified atom stereocenters. The highest BCUT2D eigenvalue weighted by Gasteiger charge is 2.45. The number of amides is 1. The van der Waals surface area contributed by atoms with Gasteiger partial charge in [-0.2, -0.15) is 0 Å². The molecule has 1 fully saturated rings. The number of hydrogen-bond donors (Lipinski definition) is 2. The average molecular weight is 435 g/mol. The van der Waals surface area contributed by atoms with Gasteiger partial charge < -0.3 is 10.4 Å². The zero-order valence-corrected chi connectivity index (χ0v) is 18.0. The van der Waals surface area contributed by atoms with Crippen molar-refractivity contribution in [2.45, 2.75) is 25.3 Å². The van der Waals surface area contributed by atoms with E-state index in [4.69, 9.17) is 4.98 Å². The summed E-state index contributed by atoms with van der Waals surface area (Å²) >= 11 is 0. The molecule has 1 aliphatic rings. The maximum Gasteiger partial charge on any atom is 0.405 e. The van der Waals surface area contributed by atoms with Crippen LogP contribution < -0.4 is 5.32 Å². The minimum absolute atomic E-state index is 0.458. The van der Waals surface area contributed by atoms with Gasteiger partial charge in [-0.3, -0.25) is 4.40 Å². The molecular formula is C26H21N5O2. The molecule has 0 aliphatic heterocycles. The molecule has 0 atom stereocenters. The van der Waals surface area contributed by atoms with Gasteiger partial charge in [-0.1, -0.05) is 54.6 Å². The number of carbonyl (C=O) groups is 1. The van der Waals surface area contributed by atoms with Gasteiger partial charge in [-0.25, -0.2) is 9.78 Å². The Kier molecular flexibility index (Phi) is 4.20. The molecule has 0 saturated heterocycles. The number of pyridine rings is 2. The third kappa shape index (κ3) is 3.20. The van der Waals surface area contributed by atoms with Gasteiger partial charge in [0.2, 0.25) is 0 Å². The van der Waals surface area contributed by atoms with Crippen LogP contribution in [0.25, 0.3) is 38.9 Å². The van der Waals surface area contributed by atoms with E-state index in [1.165, 1.54) is 0 Å². The van der Waals surface area contributed by atoms with Crippen LogP contribution in [-0.4, -0.2) is 30.8 Å². The van der Waals surface area contributed by atoms with Crippen LogP contribution in [0.4, 0.5) is 4.79 Å². The lowest BCUT2D eigenvalue weighted by Gasteiger charge is -2.17. The molecule has 0 bridgehead atoms. The molecule has 1 amide bonds. The van der Waals surface area contributed by atoms with Crippen molar-refractivity contribution >= 4 is 22.6 Å². The van der Waals surface area contributed by atoms with Crippen molar-refractivity contribution in [3.05, 3.63) is 84.3 Å². The van der Waals surface area contributed by atoms with Gasteiger partial charge >= 0.3 is 6.09 Å². The zero-order chi connectivity index (χ0) is 22.6. The van der Waals surface area contributed by atoms with Crippen LogP contribution in [0.15, 0.2) is 72.9 Å². The molecule has 2 aromatic carbocycles. The van der Waals surface area contributed by atoms with Gasteiger partial charge in [-0.05, 0) is 43.0 Å². The van der Waals surface area contributed by atoms with Crippen LogP contribution in [-0.2, 0) is 5.54 Å². The molecule has 162 valence electrons. The van der Waals surface area contributed by atoms with Gasteiger partial charge in [0.05, 0.1) is 16.7 Å². The van der Waals surface area contributed by atoms with E-state index in [1.54, 1.807) is 0 Å². The second-order valence-corrected chi connectivity index (χ2v) is 8.53. The first kappa shape index (κ1) is 19.4. The summed E-state index contributed by atoms with van der Waals surface area (Å²) in [6.45, 7) is 1.93. The van der Waals surface area contributed by atoms with Crippen LogP contribution in [0.1, 0.15) is 24.2 Å². The Morgan fingerprint density at radius 1 is 1.00 bits per heavy atom. The summed E-state index contributed by atoms with van der Waals surface area (Å²) in [5.41, 5.74) is 6.08. The standard InChI is InChI=1S/C26H21N5O2/c1-16-29-30-24-21-15-20(17-5-3-2-4-6-17)23(27-22(21)11-14-31(16)24)18-7-9-19(10-8-18)26(12-13-26)28-25(32)33/h2-11,14-15,28H,12-13H2,1H3,(H,32,33). The van der Waals surface area contributed by atoms with E-state index < -0.39 is 11.6 Å². The van der Waals surface area contributed by atoms with Crippen LogP contribution in [0.2, 0.25) is 0 Å². The normalized spacial score (nSPS) is 14.5. The molecule has 3 heterocycles. The second-order valence-electron chi connectivity index (χ2n) is 8.53. The number of nitrogens with one attached hydrogen (secondary N) is 1. The molecule has 33 heavy (non-hydrogen) atoms. The lowest BCUT2D eigenvalue weighted by Crippen LogP contribution is -2.33. The van der Waals surface area contributed by atoms with E-state index in [2.05, 4.69) is 33.7 Å². The molecule has 7 nitrogen and oxygen atoms in total. The highest BCUT2D eigenvalue weighted by molar-refractivity contribution is 5.98. The van der Waals surface area contributed by atoms with Crippen LogP contribution >= 0.6 is 0 Å². The Bertz CT molecular complexity index is 1520. The van der Waals surface area contributed by atoms with E-state index in [9.17, 15) is 9.90 Å². The monoisotopic (exact) mass is 435 g/mol. The third-order valence-corrected chi connectivity index (χ3v) is 6.43. The van der Waals surface area contributed by atoms with E-state index in [-0.39, 0.29) is 0 Å². The largest absolute Gasteiger partial charge is 0.465 e. The molecule has 3 aromatic heterocycles. The quantitative estimate of drug-likeness (QED) is 0.406. The first-order valence-corrected chi connectivity index (χ1v) is 10.9. The predicted molar refractivity (Wildman–Crippen MR) is 126 cm³/mol. The summed E-state index contributed by atoms with van der Waals surface area (Å²) in [5, 5.41) is 21.4. The van der Waals surface area contributed by atoms with Crippen LogP contribution in [0.3, 0.4) is 0 Å². The van der Waals surface area contributed by atoms with Crippen molar-refractivity contribution in [1.29, 1.82) is 0 Å². The molecule has 2 N–H and O–H groups in total.